The molecule has 0 spiro atoms. The van der Waals surface area contributed by atoms with Crippen LogP contribution in [0.1, 0.15) is 46.7 Å². The molecule has 3 aromatic carbocycles. The van der Waals surface area contributed by atoms with Crippen LogP contribution >= 0.6 is 0 Å². The standard InChI is InChI=1S/C39H38F3N5O6/c1-20-21(2)37(50)44(3)17-26(20)23-14-30(52-5)27(31(15-23)53-6)18-46-16-22-10-11-24(34(40)33(22)39(41,42)19-46)25-8-7-9-28-35(25)45(4)38(51)47(28)29-12-13-32(48)43-36(29)49/h7-11,14-15,17,29H,12-13,16,18-19H2,1-6H3,(H,43,48,49). The Morgan fingerprint density at radius 1 is 0.925 bits per heavy atom. The van der Waals surface area contributed by atoms with Gasteiger partial charge in [0.2, 0.25) is 11.8 Å². The molecule has 276 valence electrons. The van der Waals surface area contributed by atoms with E-state index in [-0.39, 0.29) is 53.7 Å². The molecule has 14 heteroatoms. The van der Waals surface area contributed by atoms with Crippen molar-refractivity contribution in [2.45, 2.75) is 51.7 Å². The number of fused-ring (bicyclic) bond motifs is 2. The van der Waals surface area contributed by atoms with Gasteiger partial charge in [0, 0.05) is 62.1 Å². The average molecular weight is 730 g/mol. The third-order valence-corrected chi connectivity index (χ3v) is 10.6. The predicted molar refractivity (Wildman–Crippen MR) is 192 cm³/mol. The van der Waals surface area contributed by atoms with Gasteiger partial charge in [0.05, 0.1) is 42.9 Å². The van der Waals surface area contributed by atoms with Gasteiger partial charge in [0.15, 0.2) is 0 Å². The molecule has 0 radical (unpaired) electrons. The molecule has 0 saturated carbocycles. The van der Waals surface area contributed by atoms with E-state index >= 15 is 13.2 Å². The van der Waals surface area contributed by atoms with Crippen molar-refractivity contribution < 1.29 is 32.2 Å². The monoisotopic (exact) mass is 729 g/mol. The molecule has 7 rings (SSSR count). The number of pyridine rings is 1. The zero-order chi connectivity index (χ0) is 38.1. The number of ether oxygens (including phenoxy) is 2. The van der Waals surface area contributed by atoms with Crippen LogP contribution in [0.5, 0.6) is 11.5 Å². The number of aromatic nitrogens is 3. The Kier molecular flexibility index (Phi) is 8.84. The number of piperidine rings is 1. The molecule has 4 heterocycles. The first kappa shape index (κ1) is 35.8. The van der Waals surface area contributed by atoms with Crippen molar-refractivity contribution in [1.29, 1.82) is 0 Å². The number of nitrogens with one attached hydrogen (secondary N) is 1. The van der Waals surface area contributed by atoms with Gasteiger partial charge in [-0.3, -0.25) is 33.7 Å². The number of para-hydroxylation sites is 1. The van der Waals surface area contributed by atoms with Gasteiger partial charge in [0.1, 0.15) is 23.4 Å². The second kappa shape index (κ2) is 13.1. The van der Waals surface area contributed by atoms with E-state index in [2.05, 4.69) is 5.32 Å². The first-order chi connectivity index (χ1) is 25.2. The van der Waals surface area contributed by atoms with Crippen LogP contribution in [0.15, 0.2) is 58.3 Å². The number of halogens is 3. The summed E-state index contributed by atoms with van der Waals surface area (Å²) in [5.74, 6) is -4.94. The summed E-state index contributed by atoms with van der Waals surface area (Å²) in [6.07, 6.45) is 1.89. The Morgan fingerprint density at radius 3 is 2.28 bits per heavy atom. The lowest BCUT2D eigenvalue weighted by Crippen LogP contribution is -2.44. The Morgan fingerprint density at radius 2 is 1.62 bits per heavy atom. The molecule has 5 aromatic rings. The summed E-state index contributed by atoms with van der Waals surface area (Å²) in [7, 11) is 6.10. The largest absolute Gasteiger partial charge is 0.496 e. The minimum absolute atomic E-state index is 0.00383. The van der Waals surface area contributed by atoms with E-state index in [0.717, 1.165) is 16.7 Å². The smallest absolute Gasteiger partial charge is 0.329 e. The fraction of sp³-hybridized carbons (Fsp3) is 0.333. The van der Waals surface area contributed by atoms with Gasteiger partial charge in [-0.2, -0.15) is 8.78 Å². The van der Waals surface area contributed by atoms with Gasteiger partial charge in [-0.25, -0.2) is 9.18 Å². The Bertz CT molecular complexity index is 2460. The van der Waals surface area contributed by atoms with E-state index in [9.17, 15) is 19.2 Å². The summed E-state index contributed by atoms with van der Waals surface area (Å²) in [6.45, 7) is 2.83. The van der Waals surface area contributed by atoms with Gasteiger partial charge >= 0.3 is 5.69 Å². The highest BCUT2D eigenvalue weighted by atomic mass is 19.3. The lowest BCUT2D eigenvalue weighted by Gasteiger charge is -2.35. The summed E-state index contributed by atoms with van der Waals surface area (Å²) in [5.41, 5.74) is 2.86. The predicted octanol–water partition coefficient (Wildman–Crippen LogP) is 5.23. The zero-order valence-corrected chi connectivity index (χ0v) is 30.1. The van der Waals surface area contributed by atoms with Crippen LogP contribution in [-0.4, -0.2) is 51.2 Å². The number of imidazole rings is 1. The van der Waals surface area contributed by atoms with Crippen LogP contribution in [0.4, 0.5) is 13.2 Å². The summed E-state index contributed by atoms with van der Waals surface area (Å²) in [5, 5.41) is 2.26. The van der Waals surface area contributed by atoms with Crippen LogP contribution in [0.3, 0.4) is 0 Å². The van der Waals surface area contributed by atoms with Crippen LogP contribution in [0.2, 0.25) is 0 Å². The van der Waals surface area contributed by atoms with Crippen molar-refractivity contribution in [3.05, 3.63) is 103 Å². The number of benzene rings is 3. The first-order valence-corrected chi connectivity index (χ1v) is 17.0. The lowest BCUT2D eigenvalue weighted by molar-refractivity contribution is -0.135. The normalized spacial score (nSPS) is 17.2. The molecular weight excluding hydrogens is 691 g/mol. The molecular formula is C39H38F3N5O6. The topological polar surface area (TPSA) is 117 Å². The van der Waals surface area contributed by atoms with Gasteiger partial charge in [-0.05, 0) is 55.2 Å². The summed E-state index contributed by atoms with van der Waals surface area (Å²) >= 11 is 0. The molecule has 11 nitrogen and oxygen atoms in total. The number of alkyl halides is 2. The summed E-state index contributed by atoms with van der Waals surface area (Å²) in [4.78, 5) is 51.9. The highest BCUT2D eigenvalue weighted by Gasteiger charge is 2.44. The highest BCUT2D eigenvalue weighted by molar-refractivity contribution is 6.01. The quantitative estimate of drug-likeness (QED) is 0.228. The minimum atomic E-state index is -3.60. The minimum Gasteiger partial charge on any atom is -0.496 e. The number of methoxy groups -OCH3 is 2. The number of rotatable bonds is 7. The molecule has 1 N–H and O–H groups in total. The van der Waals surface area contributed by atoms with E-state index in [0.29, 0.717) is 28.1 Å². The molecule has 0 bridgehead atoms. The van der Waals surface area contributed by atoms with Crippen molar-refractivity contribution in [3.8, 4) is 33.8 Å². The average Bonchev–Trinajstić information content (AvgIpc) is 3.37. The molecule has 0 aliphatic carbocycles. The third kappa shape index (κ3) is 5.81. The third-order valence-electron chi connectivity index (χ3n) is 10.6. The number of hydrogen-bond donors (Lipinski definition) is 1. The number of carbonyl (C=O) groups excluding carboxylic acids is 2. The number of imide groups is 1. The van der Waals surface area contributed by atoms with Crippen molar-refractivity contribution in [3.63, 3.8) is 0 Å². The lowest BCUT2D eigenvalue weighted by atomic mass is 9.90. The zero-order valence-electron chi connectivity index (χ0n) is 30.1. The van der Waals surface area contributed by atoms with Gasteiger partial charge in [-0.15, -0.1) is 0 Å². The molecule has 1 unspecified atom stereocenters. The molecule has 1 saturated heterocycles. The number of nitrogens with zero attached hydrogens (tertiary/aromatic N) is 4. The SMILES string of the molecule is COc1cc(-c2cn(C)c(=O)c(C)c2C)cc(OC)c1CN1Cc2ccc(-c3cccc4c3n(C)c(=O)n4C3CCC(=O)NC3=O)c(F)c2C(F)(F)C1. The maximum Gasteiger partial charge on any atom is 0.329 e. The van der Waals surface area contributed by atoms with E-state index in [1.165, 1.54) is 52.0 Å². The van der Waals surface area contributed by atoms with E-state index < -0.39 is 47.4 Å². The van der Waals surface area contributed by atoms with Crippen molar-refractivity contribution in [2.75, 3.05) is 20.8 Å². The van der Waals surface area contributed by atoms with Gasteiger partial charge < -0.3 is 14.0 Å². The molecule has 53 heavy (non-hydrogen) atoms. The molecule has 2 aliphatic heterocycles. The Balaban J connectivity index is 1.25. The number of hydrogen-bond acceptors (Lipinski definition) is 7. The summed E-state index contributed by atoms with van der Waals surface area (Å²) in [6, 6.07) is 10.2. The fourth-order valence-corrected chi connectivity index (χ4v) is 7.79. The van der Waals surface area contributed by atoms with Crippen molar-refractivity contribution in [2.24, 2.45) is 14.1 Å². The molecule has 2 aliphatic rings. The molecule has 1 atom stereocenters. The van der Waals surface area contributed by atoms with Crippen LogP contribution in [0.25, 0.3) is 33.3 Å². The van der Waals surface area contributed by atoms with Gasteiger partial charge in [-0.1, -0.05) is 24.3 Å². The number of aryl methyl sites for hydroxylation is 2. The number of carbonyl (C=O) groups is 2. The van der Waals surface area contributed by atoms with Crippen LogP contribution in [-0.2, 0) is 42.7 Å². The van der Waals surface area contributed by atoms with Crippen molar-refractivity contribution in [1.82, 2.24) is 23.9 Å². The Labute approximate surface area is 302 Å². The second-order valence-electron chi connectivity index (χ2n) is 13.7. The second-order valence-corrected chi connectivity index (χ2v) is 13.7. The maximum absolute atomic E-state index is 16.5. The first-order valence-electron chi connectivity index (χ1n) is 17.0. The Hall–Kier alpha value is -5.63. The summed E-state index contributed by atoms with van der Waals surface area (Å²) < 4.78 is 64.4. The van der Waals surface area contributed by atoms with E-state index in [4.69, 9.17) is 9.47 Å². The molecule has 2 aromatic heterocycles. The van der Waals surface area contributed by atoms with E-state index in [1.54, 1.807) is 50.5 Å². The van der Waals surface area contributed by atoms with Crippen LogP contribution in [0, 0.1) is 19.7 Å². The number of amides is 2. The van der Waals surface area contributed by atoms with Crippen LogP contribution < -0.4 is 26.0 Å². The fourth-order valence-electron chi connectivity index (χ4n) is 7.79. The molecule has 1 fully saturated rings. The van der Waals surface area contributed by atoms with Gasteiger partial charge in [0.25, 0.3) is 11.5 Å². The van der Waals surface area contributed by atoms with E-state index in [1.807, 2.05) is 6.92 Å². The van der Waals surface area contributed by atoms with Crippen molar-refractivity contribution >= 4 is 22.8 Å². The maximum atomic E-state index is 16.5. The molecule has 2 amide bonds. The highest BCUT2D eigenvalue weighted by Crippen LogP contribution is 2.44.